The van der Waals surface area contributed by atoms with E-state index in [4.69, 9.17) is 0 Å². The fourth-order valence-electron chi connectivity index (χ4n) is 3.45. The Labute approximate surface area is 141 Å². The van der Waals surface area contributed by atoms with Gasteiger partial charge in [-0.05, 0) is 37.6 Å². The molecule has 2 aliphatic rings. The molecular weight excluding hydrogens is 311 g/mol. The number of nitrogens with one attached hydrogen (secondary N) is 2. The van der Waals surface area contributed by atoms with Crippen LogP contribution in [0.2, 0.25) is 0 Å². The lowest BCUT2D eigenvalue weighted by molar-refractivity contribution is 0.0678. The van der Waals surface area contributed by atoms with Crippen molar-refractivity contribution in [3.8, 4) is 0 Å². The first-order chi connectivity index (χ1) is 11.6. The standard InChI is InChI=1S/C17H23FN4O2/c1-19-16(23)14-10-12(5-6-15(14)18)20-17(24)22-9-8-21-7-3-2-4-13(21)11-22/h5-6,10,13H,2-4,7-9,11H2,1H3,(H,19,23)(H,20,24)/t13-/m1/s1. The Bertz CT molecular complexity index is 637. The fourth-order valence-corrected chi connectivity index (χ4v) is 3.45. The summed E-state index contributed by atoms with van der Waals surface area (Å²) in [6, 6.07) is 4.27. The van der Waals surface area contributed by atoms with Crippen LogP contribution in [-0.4, -0.2) is 61.0 Å². The van der Waals surface area contributed by atoms with Gasteiger partial charge in [-0.3, -0.25) is 9.69 Å². The third-order valence-electron chi connectivity index (χ3n) is 4.81. The van der Waals surface area contributed by atoms with Gasteiger partial charge in [0.1, 0.15) is 5.82 Å². The molecular formula is C17H23FN4O2. The van der Waals surface area contributed by atoms with Crippen LogP contribution in [0.3, 0.4) is 0 Å². The first kappa shape index (κ1) is 16.7. The van der Waals surface area contributed by atoms with Gasteiger partial charge in [0, 0.05) is 38.4 Å². The van der Waals surface area contributed by atoms with Crippen molar-refractivity contribution in [2.75, 3.05) is 38.5 Å². The van der Waals surface area contributed by atoms with Gasteiger partial charge in [0.25, 0.3) is 5.91 Å². The van der Waals surface area contributed by atoms with Gasteiger partial charge in [-0.2, -0.15) is 0 Å². The van der Waals surface area contributed by atoms with Gasteiger partial charge in [-0.25, -0.2) is 9.18 Å². The molecule has 0 saturated carbocycles. The van der Waals surface area contributed by atoms with Crippen LogP contribution in [0.4, 0.5) is 14.9 Å². The summed E-state index contributed by atoms with van der Waals surface area (Å²) < 4.78 is 13.7. The number of rotatable bonds is 2. The number of piperidine rings is 1. The van der Waals surface area contributed by atoms with Crippen LogP contribution in [0.15, 0.2) is 18.2 Å². The largest absolute Gasteiger partial charge is 0.355 e. The van der Waals surface area contributed by atoms with Gasteiger partial charge in [-0.1, -0.05) is 6.42 Å². The van der Waals surface area contributed by atoms with Crippen molar-refractivity contribution in [3.63, 3.8) is 0 Å². The van der Waals surface area contributed by atoms with E-state index in [0.717, 1.165) is 26.1 Å². The molecule has 2 heterocycles. The Morgan fingerprint density at radius 1 is 1.21 bits per heavy atom. The van der Waals surface area contributed by atoms with Crippen LogP contribution in [0.25, 0.3) is 0 Å². The van der Waals surface area contributed by atoms with Crippen LogP contribution >= 0.6 is 0 Å². The van der Waals surface area contributed by atoms with E-state index in [-0.39, 0.29) is 11.6 Å². The summed E-state index contributed by atoms with van der Waals surface area (Å²) in [6.07, 6.45) is 3.58. The minimum Gasteiger partial charge on any atom is -0.355 e. The quantitative estimate of drug-likeness (QED) is 0.868. The molecule has 7 heteroatoms. The van der Waals surface area contributed by atoms with Gasteiger partial charge in [0.05, 0.1) is 5.56 Å². The average molecular weight is 334 g/mol. The number of amides is 3. The number of benzene rings is 1. The van der Waals surface area contributed by atoms with Crippen LogP contribution < -0.4 is 10.6 Å². The molecule has 24 heavy (non-hydrogen) atoms. The van der Waals surface area contributed by atoms with Crippen LogP contribution in [0.1, 0.15) is 29.6 Å². The number of hydrogen-bond donors (Lipinski definition) is 2. The second-order valence-electron chi connectivity index (χ2n) is 6.34. The average Bonchev–Trinajstić information content (AvgIpc) is 2.62. The molecule has 0 bridgehead atoms. The van der Waals surface area contributed by atoms with Gasteiger partial charge in [-0.15, -0.1) is 0 Å². The maximum Gasteiger partial charge on any atom is 0.321 e. The predicted octanol–water partition coefficient (Wildman–Crippen LogP) is 1.89. The van der Waals surface area contributed by atoms with Crippen molar-refractivity contribution in [1.29, 1.82) is 0 Å². The molecule has 6 nitrogen and oxygen atoms in total. The number of nitrogens with zero attached hydrogens (tertiary/aromatic N) is 2. The summed E-state index contributed by atoms with van der Waals surface area (Å²) in [5.41, 5.74) is 0.346. The molecule has 0 radical (unpaired) electrons. The number of piperazine rings is 1. The summed E-state index contributed by atoms with van der Waals surface area (Å²) in [4.78, 5) is 28.4. The highest BCUT2D eigenvalue weighted by atomic mass is 19.1. The van der Waals surface area contributed by atoms with E-state index >= 15 is 0 Å². The van der Waals surface area contributed by atoms with Gasteiger partial charge in [0.15, 0.2) is 0 Å². The highest BCUT2D eigenvalue weighted by Crippen LogP contribution is 2.22. The summed E-state index contributed by atoms with van der Waals surface area (Å²) in [5, 5.41) is 5.17. The minimum absolute atomic E-state index is 0.0765. The molecule has 0 unspecified atom stereocenters. The van der Waals surface area contributed by atoms with E-state index in [1.807, 2.05) is 0 Å². The van der Waals surface area contributed by atoms with Crippen LogP contribution in [-0.2, 0) is 0 Å². The number of carbonyl (C=O) groups is 2. The predicted molar refractivity (Wildman–Crippen MR) is 89.6 cm³/mol. The number of fused-ring (bicyclic) bond motifs is 1. The van der Waals surface area contributed by atoms with E-state index in [2.05, 4.69) is 15.5 Å². The molecule has 1 aromatic rings. The van der Waals surface area contributed by atoms with Crippen LogP contribution in [0.5, 0.6) is 0 Å². The lowest BCUT2D eigenvalue weighted by Gasteiger charge is -2.43. The summed E-state index contributed by atoms with van der Waals surface area (Å²) in [6.45, 7) is 3.42. The van der Waals surface area contributed by atoms with Crippen LogP contribution in [0, 0.1) is 5.82 Å². The molecule has 2 fully saturated rings. The molecule has 2 aliphatic heterocycles. The lowest BCUT2D eigenvalue weighted by atomic mass is 10.00. The SMILES string of the molecule is CNC(=O)c1cc(NC(=O)N2CCN3CCCC[C@@H]3C2)ccc1F. The van der Waals surface area contributed by atoms with Gasteiger partial charge >= 0.3 is 6.03 Å². The van der Waals surface area contributed by atoms with Gasteiger partial charge < -0.3 is 15.5 Å². The molecule has 0 aliphatic carbocycles. The van der Waals surface area contributed by atoms with Crippen molar-refractivity contribution in [1.82, 2.24) is 15.1 Å². The Balaban J connectivity index is 1.65. The number of urea groups is 1. The van der Waals surface area contributed by atoms with E-state index in [1.165, 1.54) is 38.1 Å². The second kappa shape index (κ2) is 7.17. The Hall–Kier alpha value is -2.15. The number of hydrogen-bond acceptors (Lipinski definition) is 3. The summed E-state index contributed by atoms with van der Waals surface area (Å²) in [7, 11) is 1.44. The van der Waals surface area contributed by atoms with E-state index < -0.39 is 11.7 Å². The zero-order valence-corrected chi connectivity index (χ0v) is 13.8. The highest BCUT2D eigenvalue weighted by Gasteiger charge is 2.31. The Kier molecular flexibility index (Phi) is 4.99. The highest BCUT2D eigenvalue weighted by molar-refractivity contribution is 5.97. The molecule has 3 rings (SSSR count). The van der Waals surface area contributed by atoms with E-state index in [9.17, 15) is 14.0 Å². The maximum absolute atomic E-state index is 13.7. The summed E-state index contributed by atoms with van der Waals surface area (Å²) >= 11 is 0. The molecule has 1 aromatic carbocycles. The van der Waals surface area contributed by atoms with E-state index in [1.54, 1.807) is 4.90 Å². The number of carbonyl (C=O) groups excluding carboxylic acids is 2. The van der Waals surface area contributed by atoms with Crippen molar-refractivity contribution in [2.24, 2.45) is 0 Å². The topological polar surface area (TPSA) is 64.7 Å². The Morgan fingerprint density at radius 3 is 2.83 bits per heavy atom. The lowest BCUT2D eigenvalue weighted by Crippen LogP contribution is -2.56. The maximum atomic E-state index is 13.7. The third-order valence-corrected chi connectivity index (χ3v) is 4.81. The van der Waals surface area contributed by atoms with Crippen molar-refractivity contribution in [2.45, 2.75) is 25.3 Å². The number of anilines is 1. The molecule has 1 atom stereocenters. The molecule has 3 amide bonds. The zero-order chi connectivity index (χ0) is 17.1. The monoisotopic (exact) mass is 334 g/mol. The molecule has 2 N–H and O–H groups in total. The second-order valence-corrected chi connectivity index (χ2v) is 6.34. The smallest absolute Gasteiger partial charge is 0.321 e. The van der Waals surface area contributed by atoms with Crippen molar-refractivity contribution in [3.05, 3.63) is 29.6 Å². The van der Waals surface area contributed by atoms with Crippen molar-refractivity contribution >= 4 is 17.6 Å². The third kappa shape index (κ3) is 3.51. The first-order valence-corrected chi connectivity index (χ1v) is 8.40. The van der Waals surface area contributed by atoms with Gasteiger partial charge in [0.2, 0.25) is 0 Å². The Morgan fingerprint density at radius 2 is 2.04 bits per heavy atom. The normalized spacial score (nSPS) is 21.1. The van der Waals surface area contributed by atoms with E-state index in [0.29, 0.717) is 18.3 Å². The van der Waals surface area contributed by atoms with Crippen molar-refractivity contribution < 1.29 is 14.0 Å². The zero-order valence-electron chi connectivity index (χ0n) is 13.8. The summed E-state index contributed by atoms with van der Waals surface area (Å²) in [5.74, 6) is -1.12. The molecule has 130 valence electrons. The minimum atomic E-state index is -0.608. The molecule has 2 saturated heterocycles. The first-order valence-electron chi connectivity index (χ1n) is 8.40. The molecule has 0 aromatic heterocycles. The number of halogens is 1. The molecule has 0 spiro atoms. The fraction of sp³-hybridized carbons (Fsp3) is 0.529.